The molecule has 2 aromatic carbocycles. The molecule has 0 radical (unpaired) electrons. The van der Waals surface area contributed by atoms with Crippen LogP contribution in [-0.4, -0.2) is 51.4 Å². The monoisotopic (exact) mass is 444 g/mol. The Morgan fingerprint density at radius 1 is 1.24 bits per heavy atom. The lowest BCUT2D eigenvalue weighted by atomic mass is 9.90. The Morgan fingerprint density at radius 2 is 1.94 bits per heavy atom. The zero-order chi connectivity index (χ0) is 23.8. The standard InChI is InChI=1S/C26H28N4O3/c1-16-5-8-20(11-22(16)23-17(2)24(29-28-23)33-15-26(3,4)32)25(31)30-13-21(14-30)19-9-6-18(12-27)7-10-19/h5-11,21,32H,13-15H2,1-4H3,(H,28,29). The van der Waals surface area contributed by atoms with E-state index < -0.39 is 5.60 Å². The van der Waals surface area contributed by atoms with Crippen molar-refractivity contribution in [2.24, 2.45) is 0 Å². The number of aryl methyl sites for hydroxylation is 1. The molecule has 4 rings (SSSR count). The number of nitrogens with one attached hydrogen (secondary N) is 1. The van der Waals surface area contributed by atoms with Crippen LogP contribution < -0.4 is 4.74 Å². The third-order valence-corrected chi connectivity index (χ3v) is 5.96. The predicted octanol–water partition coefficient (Wildman–Crippen LogP) is 3.95. The predicted molar refractivity (Wildman–Crippen MR) is 125 cm³/mol. The van der Waals surface area contributed by atoms with Crippen molar-refractivity contribution < 1.29 is 14.6 Å². The molecule has 0 saturated carbocycles. The Morgan fingerprint density at radius 3 is 2.58 bits per heavy atom. The van der Waals surface area contributed by atoms with Gasteiger partial charge in [-0.25, -0.2) is 0 Å². The van der Waals surface area contributed by atoms with Gasteiger partial charge in [-0.2, -0.15) is 5.26 Å². The molecule has 0 spiro atoms. The first-order valence-corrected chi connectivity index (χ1v) is 11.0. The molecular formula is C26H28N4O3. The Bertz CT molecular complexity index is 1210. The van der Waals surface area contributed by atoms with Gasteiger partial charge in [0.05, 0.1) is 22.9 Å². The van der Waals surface area contributed by atoms with Gasteiger partial charge >= 0.3 is 0 Å². The van der Waals surface area contributed by atoms with E-state index in [9.17, 15) is 9.90 Å². The third-order valence-electron chi connectivity index (χ3n) is 5.96. The molecule has 0 bridgehead atoms. The van der Waals surface area contributed by atoms with Gasteiger partial charge in [-0.3, -0.25) is 9.89 Å². The highest BCUT2D eigenvalue weighted by Gasteiger charge is 2.32. The van der Waals surface area contributed by atoms with Crippen molar-refractivity contribution in [1.29, 1.82) is 5.26 Å². The van der Waals surface area contributed by atoms with Gasteiger partial charge in [0.2, 0.25) is 5.88 Å². The Kier molecular flexibility index (Phi) is 5.96. The van der Waals surface area contributed by atoms with E-state index in [1.807, 2.05) is 61.2 Å². The summed E-state index contributed by atoms with van der Waals surface area (Å²) in [6, 6.07) is 15.4. The summed E-state index contributed by atoms with van der Waals surface area (Å²) in [6.45, 7) is 8.70. The number of benzene rings is 2. The number of hydrogen-bond donors (Lipinski definition) is 2. The van der Waals surface area contributed by atoms with Crippen LogP contribution in [0.25, 0.3) is 11.3 Å². The fourth-order valence-electron chi connectivity index (χ4n) is 3.92. The van der Waals surface area contributed by atoms with Crippen LogP contribution in [-0.2, 0) is 0 Å². The van der Waals surface area contributed by atoms with Crippen LogP contribution in [0, 0.1) is 25.2 Å². The summed E-state index contributed by atoms with van der Waals surface area (Å²) in [4.78, 5) is 14.9. The van der Waals surface area contributed by atoms with Crippen molar-refractivity contribution in [1.82, 2.24) is 15.1 Å². The number of aliphatic hydroxyl groups is 1. The highest BCUT2D eigenvalue weighted by Crippen LogP contribution is 2.33. The molecule has 7 heteroatoms. The van der Waals surface area contributed by atoms with Crippen LogP contribution in [0.4, 0.5) is 0 Å². The molecule has 1 aliphatic heterocycles. The van der Waals surface area contributed by atoms with Crippen molar-refractivity contribution in [3.63, 3.8) is 0 Å². The highest BCUT2D eigenvalue weighted by molar-refractivity contribution is 5.96. The summed E-state index contributed by atoms with van der Waals surface area (Å²) in [5.41, 5.74) is 5.00. The summed E-state index contributed by atoms with van der Waals surface area (Å²) in [6.07, 6.45) is 0. The molecule has 2 heterocycles. The van der Waals surface area contributed by atoms with Gasteiger partial charge in [0, 0.05) is 35.7 Å². The van der Waals surface area contributed by atoms with Crippen LogP contribution >= 0.6 is 0 Å². The number of rotatable bonds is 6. The molecule has 7 nitrogen and oxygen atoms in total. The quantitative estimate of drug-likeness (QED) is 0.599. The number of carbonyl (C=O) groups is 1. The van der Waals surface area contributed by atoms with Gasteiger partial charge in [0.1, 0.15) is 6.61 Å². The van der Waals surface area contributed by atoms with Gasteiger partial charge in [0.25, 0.3) is 5.91 Å². The number of nitrogens with zero attached hydrogens (tertiary/aromatic N) is 3. The van der Waals surface area contributed by atoms with Gasteiger partial charge in [-0.05, 0) is 63.1 Å². The van der Waals surface area contributed by atoms with Crippen molar-refractivity contribution in [3.8, 4) is 23.2 Å². The van der Waals surface area contributed by atoms with Crippen molar-refractivity contribution in [2.75, 3.05) is 19.7 Å². The summed E-state index contributed by atoms with van der Waals surface area (Å²) in [5.74, 6) is 0.727. The summed E-state index contributed by atoms with van der Waals surface area (Å²) < 4.78 is 5.67. The number of hydrogen-bond acceptors (Lipinski definition) is 5. The Labute approximate surface area is 193 Å². The number of ether oxygens (including phenoxy) is 1. The first-order valence-electron chi connectivity index (χ1n) is 11.0. The maximum Gasteiger partial charge on any atom is 0.253 e. The van der Waals surface area contributed by atoms with Gasteiger partial charge < -0.3 is 14.7 Å². The second-order valence-corrected chi connectivity index (χ2v) is 9.30. The number of aromatic nitrogens is 2. The van der Waals surface area contributed by atoms with Crippen LogP contribution in [0.5, 0.6) is 5.88 Å². The molecule has 1 saturated heterocycles. The zero-order valence-corrected chi connectivity index (χ0v) is 19.3. The molecule has 3 aromatic rings. The number of likely N-dealkylation sites (tertiary alicyclic amines) is 1. The largest absolute Gasteiger partial charge is 0.473 e. The first-order chi connectivity index (χ1) is 15.7. The lowest BCUT2D eigenvalue weighted by Crippen LogP contribution is -2.48. The van der Waals surface area contributed by atoms with E-state index in [1.54, 1.807) is 13.8 Å². The van der Waals surface area contributed by atoms with Crippen LogP contribution in [0.2, 0.25) is 0 Å². The zero-order valence-electron chi connectivity index (χ0n) is 19.3. The van der Waals surface area contributed by atoms with Crippen LogP contribution in [0.1, 0.15) is 52.4 Å². The highest BCUT2D eigenvalue weighted by atomic mass is 16.5. The van der Waals surface area contributed by atoms with Crippen molar-refractivity contribution in [2.45, 2.75) is 39.2 Å². The second-order valence-electron chi connectivity index (χ2n) is 9.30. The maximum absolute atomic E-state index is 13.1. The summed E-state index contributed by atoms with van der Waals surface area (Å²) in [5, 5.41) is 26.1. The fraction of sp³-hybridized carbons (Fsp3) is 0.346. The maximum atomic E-state index is 13.1. The van der Waals surface area contributed by atoms with Crippen molar-refractivity contribution in [3.05, 3.63) is 70.3 Å². The number of H-pyrrole nitrogens is 1. The number of amides is 1. The minimum Gasteiger partial charge on any atom is -0.473 e. The normalized spacial score (nSPS) is 14.0. The van der Waals surface area contributed by atoms with Crippen molar-refractivity contribution >= 4 is 5.91 Å². The molecule has 2 N–H and O–H groups in total. The summed E-state index contributed by atoms with van der Waals surface area (Å²) >= 11 is 0. The fourth-order valence-corrected chi connectivity index (χ4v) is 3.92. The molecule has 0 atom stereocenters. The van der Waals surface area contributed by atoms with E-state index in [1.165, 1.54) is 0 Å². The molecule has 0 unspecified atom stereocenters. The Balaban J connectivity index is 1.48. The van der Waals surface area contributed by atoms with E-state index in [2.05, 4.69) is 16.3 Å². The third kappa shape index (κ3) is 4.76. The number of nitriles is 1. The SMILES string of the molecule is Cc1ccc(C(=O)N2CC(c3ccc(C#N)cc3)C2)cc1-c1[nH]nc(OCC(C)(C)O)c1C. The molecular weight excluding hydrogens is 416 g/mol. The smallest absolute Gasteiger partial charge is 0.253 e. The topological polar surface area (TPSA) is 102 Å². The molecule has 1 fully saturated rings. The molecule has 33 heavy (non-hydrogen) atoms. The first kappa shape index (κ1) is 22.6. The van der Waals surface area contributed by atoms with Gasteiger partial charge in [0.15, 0.2) is 0 Å². The lowest BCUT2D eigenvalue weighted by molar-refractivity contribution is 0.0266. The number of aromatic amines is 1. The van der Waals surface area contributed by atoms with E-state index in [4.69, 9.17) is 10.00 Å². The lowest BCUT2D eigenvalue weighted by Gasteiger charge is -2.39. The molecule has 0 aliphatic carbocycles. The molecule has 1 amide bonds. The Hall–Kier alpha value is -3.63. The van der Waals surface area contributed by atoms with Gasteiger partial charge in [-0.15, -0.1) is 5.10 Å². The molecule has 1 aliphatic rings. The van der Waals surface area contributed by atoms with E-state index in [-0.39, 0.29) is 18.4 Å². The number of carbonyl (C=O) groups excluding carboxylic acids is 1. The van der Waals surface area contributed by atoms with E-state index in [0.717, 1.165) is 27.9 Å². The van der Waals surface area contributed by atoms with Gasteiger partial charge in [-0.1, -0.05) is 18.2 Å². The van der Waals surface area contributed by atoms with E-state index >= 15 is 0 Å². The molecule has 170 valence electrons. The molecule has 1 aromatic heterocycles. The van der Waals surface area contributed by atoms with Crippen LogP contribution in [0.15, 0.2) is 42.5 Å². The summed E-state index contributed by atoms with van der Waals surface area (Å²) in [7, 11) is 0. The van der Waals surface area contributed by atoms with Crippen LogP contribution in [0.3, 0.4) is 0 Å². The minimum atomic E-state index is -0.958. The van der Waals surface area contributed by atoms with E-state index in [0.29, 0.717) is 30.1 Å². The second kappa shape index (κ2) is 8.72. The minimum absolute atomic E-state index is 0.00295. The average Bonchev–Trinajstić information content (AvgIpc) is 3.11. The average molecular weight is 445 g/mol.